The van der Waals surface area contributed by atoms with Crippen LogP contribution >= 0.6 is 0 Å². The zero-order chi connectivity index (χ0) is 22.0. The third-order valence-electron chi connectivity index (χ3n) is 5.47. The van der Waals surface area contributed by atoms with E-state index in [4.69, 9.17) is 18.9 Å². The summed E-state index contributed by atoms with van der Waals surface area (Å²) >= 11 is 0. The molecule has 0 aliphatic carbocycles. The molecule has 0 fully saturated rings. The standard InChI is InChI=1S/C22H26FNO6/c1-6-30-22(26)18-12(2)15(7-8-17(25)28-4)24-10-9-13-14(20(18)24)11-16(27-3)21(29-5)19(13)23/h11H,6-10H2,1-5H3. The highest BCUT2D eigenvalue weighted by atomic mass is 19.1. The summed E-state index contributed by atoms with van der Waals surface area (Å²) in [6.07, 6.45) is 0.988. The molecule has 8 heteroatoms. The van der Waals surface area contributed by atoms with Crippen molar-refractivity contribution in [2.24, 2.45) is 0 Å². The molecular weight excluding hydrogens is 393 g/mol. The molecule has 1 aromatic heterocycles. The maximum Gasteiger partial charge on any atom is 0.340 e. The van der Waals surface area contributed by atoms with Crippen molar-refractivity contribution in [1.29, 1.82) is 0 Å². The van der Waals surface area contributed by atoms with Crippen molar-refractivity contribution < 1.29 is 32.9 Å². The summed E-state index contributed by atoms with van der Waals surface area (Å²) in [5.74, 6) is -1.03. The lowest BCUT2D eigenvalue weighted by Gasteiger charge is -2.24. The van der Waals surface area contributed by atoms with Gasteiger partial charge in [-0.05, 0) is 38.3 Å². The third kappa shape index (κ3) is 3.51. The van der Waals surface area contributed by atoms with Crippen LogP contribution in [0.15, 0.2) is 6.07 Å². The minimum absolute atomic E-state index is 0.0385. The van der Waals surface area contributed by atoms with Gasteiger partial charge in [0.15, 0.2) is 17.3 Å². The summed E-state index contributed by atoms with van der Waals surface area (Å²) < 4.78 is 37.7. The van der Waals surface area contributed by atoms with Gasteiger partial charge in [-0.1, -0.05) is 0 Å². The number of methoxy groups -OCH3 is 3. The number of esters is 2. The summed E-state index contributed by atoms with van der Waals surface area (Å²) in [6, 6.07) is 1.69. The topological polar surface area (TPSA) is 76.0 Å². The van der Waals surface area contributed by atoms with E-state index in [-0.39, 0.29) is 30.5 Å². The van der Waals surface area contributed by atoms with Crippen LogP contribution in [0.4, 0.5) is 4.39 Å². The molecule has 0 radical (unpaired) electrons. The molecule has 0 spiro atoms. The molecule has 0 atom stereocenters. The largest absolute Gasteiger partial charge is 0.493 e. The fourth-order valence-electron chi connectivity index (χ4n) is 4.09. The molecule has 3 rings (SSSR count). The van der Waals surface area contributed by atoms with Crippen molar-refractivity contribution in [3.8, 4) is 22.8 Å². The summed E-state index contributed by atoms with van der Waals surface area (Å²) in [4.78, 5) is 24.5. The number of hydrogen-bond donors (Lipinski definition) is 0. The van der Waals surface area contributed by atoms with Crippen molar-refractivity contribution in [2.75, 3.05) is 27.9 Å². The average Bonchev–Trinajstić information content (AvgIpc) is 3.03. The lowest BCUT2D eigenvalue weighted by atomic mass is 9.94. The number of fused-ring (bicyclic) bond motifs is 3. The fourth-order valence-corrected chi connectivity index (χ4v) is 4.09. The van der Waals surface area contributed by atoms with Crippen LogP contribution in [-0.4, -0.2) is 44.4 Å². The molecule has 162 valence electrons. The second kappa shape index (κ2) is 8.77. The molecule has 30 heavy (non-hydrogen) atoms. The lowest BCUT2D eigenvalue weighted by molar-refractivity contribution is -0.140. The minimum Gasteiger partial charge on any atom is -0.493 e. The van der Waals surface area contributed by atoms with Crippen molar-refractivity contribution in [3.05, 3.63) is 34.3 Å². The number of halogens is 1. The SMILES string of the molecule is CCOC(=O)c1c(C)c(CCC(=O)OC)n2c1-c1cc(OC)c(OC)c(F)c1CC2. The molecule has 2 heterocycles. The van der Waals surface area contributed by atoms with Crippen LogP contribution in [0.1, 0.15) is 40.5 Å². The number of ether oxygens (including phenoxy) is 4. The zero-order valence-electron chi connectivity index (χ0n) is 17.9. The molecule has 0 N–H and O–H groups in total. The Morgan fingerprint density at radius 1 is 1.20 bits per heavy atom. The molecule has 2 aromatic rings. The first-order valence-corrected chi connectivity index (χ1v) is 9.79. The second-order valence-electron chi connectivity index (χ2n) is 6.95. The number of carbonyl (C=O) groups is 2. The first-order valence-electron chi connectivity index (χ1n) is 9.79. The number of rotatable bonds is 7. The highest BCUT2D eigenvalue weighted by Crippen LogP contribution is 2.44. The Labute approximate surface area is 174 Å². The van der Waals surface area contributed by atoms with Crippen LogP contribution in [0.2, 0.25) is 0 Å². The minimum atomic E-state index is -0.497. The summed E-state index contributed by atoms with van der Waals surface area (Å²) in [6.45, 7) is 4.23. The van der Waals surface area contributed by atoms with Crippen LogP contribution in [0.5, 0.6) is 11.5 Å². The number of carbonyl (C=O) groups excluding carboxylic acids is 2. The van der Waals surface area contributed by atoms with E-state index in [9.17, 15) is 9.59 Å². The Hall–Kier alpha value is -3.03. The predicted octanol–water partition coefficient (Wildman–Crippen LogP) is 3.46. The molecule has 1 aromatic carbocycles. The van der Waals surface area contributed by atoms with Crippen molar-refractivity contribution in [1.82, 2.24) is 4.57 Å². The number of hydrogen-bond acceptors (Lipinski definition) is 6. The van der Waals surface area contributed by atoms with Crippen molar-refractivity contribution in [2.45, 2.75) is 39.7 Å². The number of benzene rings is 1. The van der Waals surface area contributed by atoms with Crippen LogP contribution in [0.25, 0.3) is 11.3 Å². The van der Waals surface area contributed by atoms with Gasteiger partial charge in [-0.15, -0.1) is 0 Å². The zero-order valence-corrected chi connectivity index (χ0v) is 17.9. The van der Waals surface area contributed by atoms with E-state index < -0.39 is 11.8 Å². The normalized spacial score (nSPS) is 12.1. The second-order valence-corrected chi connectivity index (χ2v) is 6.95. The average molecular weight is 419 g/mol. The Bertz CT molecular complexity index is 994. The van der Waals surface area contributed by atoms with E-state index in [0.29, 0.717) is 41.8 Å². The van der Waals surface area contributed by atoms with Gasteiger partial charge in [-0.2, -0.15) is 0 Å². The van der Waals surface area contributed by atoms with Crippen LogP contribution in [-0.2, 0) is 33.7 Å². The molecule has 1 aliphatic rings. The summed E-state index contributed by atoms with van der Waals surface area (Å²) in [5.41, 5.74) is 3.53. The summed E-state index contributed by atoms with van der Waals surface area (Å²) in [5, 5.41) is 0. The first kappa shape index (κ1) is 21.7. The van der Waals surface area contributed by atoms with Crippen LogP contribution in [0, 0.1) is 12.7 Å². The number of nitrogens with zero attached hydrogens (tertiary/aromatic N) is 1. The maximum absolute atomic E-state index is 15.2. The molecule has 0 saturated heterocycles. The van der Waals surface area contributed by atoms with Gasteiger partial charge >= 0.3 is 11.9 Å². The van der Waals surface area contributed by atoms with Gasteiger partial charge in [-0.25, -0.2) is 9.18 Å². The van der Waals surface area contributed by atoms with Gasteiger partial charge in [0.2, 0.25) is 0 Å². The number of aromatic nitrogens is 1. The van der Waals surface area contributed by atoms with E-state index in [1.807, 2.05) is 11.5 Å². The highest BCUT2D eigenvalue weighted by molar-refractivity contribution is 6.00. The third-order valence-corrected chi connectivity index (χ3v) is 5.47. The monoisotopic (exact) mass is 419 g/mol. The van der Waals surface area contributed by atoms with E-state index in [2.05, 4.69) is 0 Å². The van der Waals surface area contributed by atoms with Gasteiger partial charge in [0.1, 0.15) is 0 Å². The van der Waals surface area contributed by atoms with E-state index in [1.54, 1.807) is 13.0 Å². The van der Waals surface area contributed by atoms with Crippen molar-refractivity contribution in [3.63, 3.8) is 0 Å². The smallest absolute Gasteiger partial charge is 0.340 e. The highest BCUT2D eigenvalue weighted by Gasteiger charge is 2.33. The lowest BCUT2D eigenvalue weighted by Crippen LogP contribution is -2.17. The molecular formula is C22H26FNO6. The molecule has 0 saturated carbocycles. The molecule has 0 bridgehead atoms. The maximum atomic E-state index is 15.2. The molecule has 0 unspecified atom stereocenters. The Balaban J connectivity index is 2.26. The van der Waals surface area contributed by atoms with Gasteiger partial charge in [0, 0.05) is 23.4 Å². The first-order chi connectivity index (χ1) is 14.4. The van der Waals surface area contributed by atoms with Crippen LogP contribution in [0.3, 0.4) is 0 Å². The summed E-state index contributed by atoms with van der Waals surface area (Å²) in [7, 11) is 4.16. The van der Waals surface area contributed by atoms with E-state index in [1.165, 1.54) is 21.3 Å². The van der Waals surface area contributed by atoms with E-state index >= 15 is 4.39 Å². The van der Waals surface area contributed by atoms with Gasteiger partial charge in [-0.3, -0.25) is 4.79 Å². The Morgan fingerprint density at radius 3 is 2.53 bits per heavy atom. The molecule has 0 amide bonds. The predicted molar refractivity (Wildman–Crippen MR) is 108 cm³/mol. The van der Waals surface area contributed by atoms with Crippen LogP contribution < -0.4 is 9.47 Å². The molecule has 1 aliphatic heterocycles. The van der Waals surface area contributed by atoms with Gasteiger partial charge < -0.3 is 23.5 Å². The Kier molecular flexibility index (Phi) is 6.34. The fraction of sp³-hybridized carbons (Fsp3) is 0.455. The quantitative estimate of drug-likeness (QED) is 0.640. The van der Waals surface area contributed by atoms with Gasteiger partial charge in [0.05, 0.1) is 45.6 Å². The van der Waals surface area contributed by atoms with Crippen molar-refractivity contribution >= 4 is 11.9 Å². The van der Waals surface area contributed by atoms with E-state index in [0.717, 1.165) is 11.3 Å². The Morgan fingerprint density at radius 2 is 1.93 bits per heavy atom. The van der Waals surface area contributed by atoms with Gasteiger partial charge in [0.25, 0.3) is 0 Å². The molecule has 7 nitrogen and oxygen atoms in total.